The third-order valence-corrected chi connectivity index (χ3v) is 5.38. The second-order valence-electron chi connectivity index (χ2n) is 7.73. The fourth-order valence-electron chi connectivity index (χ4n) is 3.77. The van der Waals surface area contributed by atoms with Gasteiger partial charge in [0.2, 0.25) is 0 Å². The molecule has 1 aromatic carbocycles. The molecule has 2 heterocycles. The summed E-state index contributed by atoms with van der Waals surface area (Å²) in [5.74, 6) is 0.666. The predicted molar refractivity (Wildman–Crippen MR) is 103 cm³/mol. The lowest BCUT2D eigenvalue weighted by Gasteiger charge is -2.24. The quantitative estimate of drug-likeness (QED) is 0.919. The fourth-order valence-corrected chi connectivity index (χ4v) is 3.77. The first kappa shape index (κ1) is 18.3. The van der Waals surface area contributed by atoms with Gasteiger partial charge >= 0.3 is 6.03 Å². The van der Waals surface area contributed by atoms with Crippen LogP contribution in [0.1, 0.15) is 24.2 Å². The summed E-state index contributed by atoms with van der Waals surface area (Å²) >= 11 is 0. The first-order valence-electron chi connectivity index (χ1n) is 9.10. The topological polar surface area (TPSA) is 57.6 Å². The molecule has 0 bridgehead atoms. The summed E-state index contributed by atoms with van der Waals surface area (Å²) in [6, 6.07) is 7.69. The first-order valence-corrected chi connectivity index (χ1v) is 9.10. The molecule has 6 nitrogen and oxygen atoms in total. The van der Waals surface area contributed by atoms with Gasteiger partial charge in [0.05, 0.1) is 6.04 Å². The Balaban J connectivity index is 1.84. The maximum atomic E-state index is 13.2. The summed E-state index contributed by atoms with van der Waals surface area (Å²) in [7, 11) is 5.44. The van der Waals surface area contributed by atoms with Gasteiger partial charge in [0.15, 0.2) is 0 Å². The van der Waals surface area contributed by atoms with Crippen LogP contribution in [-0.4, -0.2) is 59.5 Å². The Hall–Kier alpha value is -2.50. The fraction of sp³-hybridized carbons (Fsp3) is 0.500. The summed E-state index contributed by atoms with van der Waals surface area (Å²) < 4.78 is 2.02. The maximum absolute atomic E-state index is 13.2. The van der Waals surface area contributed by atoms with E-state index in [0.717, 1.165) is 16.5 Å². The monoisotopic (exact) mass is 356 g/mol. The third-order valence-electron chi connectivity index (χ3n) is 5.38. The molecule has 140 valence electrons. The normalized spacial score (nSPS) is 20.0. The molecule has 0 spiro atoms. The van der Waals surface area contributed by atoms with Crippen LogP contribution in [0.2, 0.25) is 0 Å². The van der Waals surface area contributed by atoms with Gasteiger partial charge in [-0.05, 0) is 24.1 Å². The minimum atomic E-state index is -0.111. The van der Waals surface area contributed by atoms with Gasteiger partial charge in [-0.15, -0.1) is 0 Å². The van der Waals surface area contributed by atoms with Gasteiger partial charge in [-0.2, -0.15) is 0 Å². The van der Waals surface area contributed by atoms with Crippen LogP contribution in [0.4, 0.5) is 4.79 Å². The number of nitrogens with one attached hydrogen (secondary N) is 1. The van der Waals surface area contributed by atoms with Crippen molar-refractivity contribution in [2.45, 2.75) is 19.9 Å². The Morgan fingerprint density at radius 2 is 1.92 bits per heavy atom. The molecule has 0 radical (unpaired) electrons. The van der Waals surface area contributed by atoms with Gasteiger partial charge in [0.1, 0.15) is 0 Å². The van der Waals surface area contributed by atoms with Gasteiger partial charge in [-0.25, -0.2) is 4.79 Å². The zero-order valence-electron chi connectivity index (χ0n) is 16.2. The van der Waals surface area contributed by atoms with Crippen LogP contribution in [0.25, 0.3) is 10.9 Å². The number of nitrogens with zero attached hydrogens (tertiary/aromatic N) is 3. The van der Waals surface area contributed by atoms with Crippen LogP contribution in [0, 0.1) is 11.8 Å². The van der Waals surface area contributed by atoms with Crippen molar-refractivity contribution in [3.63, 3.8) is 0 Å². The number of fused-ring (bicyclic) bond motifs is 1. The van der Waals surface area contributed by atoms with Crippen molar-refractivity contribution in [2.75, 3.05) is 27.2 Å². The van der Waals surface area contributed by atoms with Crippen LogP contribution in [-0.2, 0) is 7.05 Å². The molecule has 0 aliphatic carbocycles. The zero-order chi connectivity index (χ0) is 19.0. The molecule has 0 saturated carbocycles. The number of hydrogen-bond acceptors (Lipinski definition) is 2. The van der Waals surface area contributed by atoms with E-state index in [1.54, 1.807) is 14.1 Å². The summed E-state index contributed by atoms with van der Waals surface area (Å²) in [5.41, 5.74) is 1.78. The average Bonchev–Trinajstić information content (AvgIpc) is 3.18. The minimum absolute atomic E-state index is 0.0242. The zero-order valence-corrected chi connectivity index (χ0v) is 16.2. The summed E-state index contributed by atoms with van der Waals surface area (Å²) in [4.78, 5) is 28.7. The second-order valence-corrected chi connectivity index (χ2v) is 7.73. The number of carbonyl (C=O) groups is 2. The summed E-state index contributed by atoms with van der Waals surface area (Å²) in [6.45, 7) is 5.50. The summed E-state index contributed by atoms with van der Waals surface area (Å²) in [5, 5.41) is 4.05. The number of urea groups is 1. The second kappa shape index (κ2) is 7.02. The molecule has 1 aromatic heterocycles. The molecule has 2 atom stereocenters. The highest BCUT2D eigenvalue weighted by molar-refractivity contribution is 6.06. The minimum Gasteiger partial charge on any atom is -0.351 e. The van der Waals surface area contributed by atoms with Gasteiger partial charge in [0.25, 0.3) is 5.91 Å². The Morgan fingerprint density at radius 1 is 1.19 bits per heavy atom. The number of aryl methyl sites for hydroxylation is 1. The number of aromatic nitrogens is 1. The molecule has 26 heavy (non-hydrogen) atoms. The van der Waals surface area contributed by atoms with Crippen molar-refractivity contribution in [3.05, 3.63) is 36.0 Å². The van der Waals surface area contributed by atoms with Crippen molar-refractivity contribution < 1.29 is 9.59 Å². The molecule has 6 heteroatoms. The van der Waals surface area contributed by atoms with E-state index >= 15 is 0 Å². The lowest BCUT2D eigenvalue weighted by atomic mass is 9.91. The molecule has 1 N–H and O–H groups in total. The highest BCUT2D eigenvalue weighted by Crippen LogP contribution is 2.28. The van der Waals surface area contributed by atoms with Crippen molar-refractivity contribution >= 4 is 22.8 Å². The van der Waals surface area contributed by atoms with Crippen molar-refractivity contribution in [1.29, 1.82) is 0 Å². The number of benzene rings is 1. The van der Waals surface area contributed by atoms with Crippen molar-refractivity contribution in [2.24, 2.45) is 18.9 Å². The standard InChI is InChI=1S/C20H28N4O2/c1-13(2)16-11-24(12-17(16)21-20(26)22(3)4)19(25)15-7-6-8-18-14(15)9-10-23(18)5/h6-10,13,16-17H,11-12H2,1-5H3,(H,21,26)/t16-,17+/m0/s1. The molecule has 1 saturated heterocycles. The van der Waals surface area contributed by atoms with Crippen LogP contribution in [0.15, 0.2) is 30.5 Å². The van der Waals surface area contributed by atoms with Gasteiger partial charge in [-0.1, -0.05) is 19.9 Å². The smallest absolute Gasteiger partial charge is 0.317 e. The van der Waals surface area contributed by atoms with E-state index in [0.29, 0.717) is 19.0 Å². The van der Waals surface area contributed by atoms with Gasteiger partial charge in [0, 0.05) is 62.8 Å². The van der Waals surface area contributed by atoms with Crippen LogP contribution < -0.4 is 5.32 Å². The van der Waals surface area contributed by atoms with Gasteiger partial charge < -0.3 is 19.7 Å². The lowest BCUT2D eigenvalue weighted by molar-refractivity contribution is 0.0784. The van der Waals surface area contributed by atoms with E-state index in [1.165, 1.54) is 4.90 Å². The molecule has 1 fully saturated rings. The third kappa shape index (κ3) is 3.28. The van der Waals surface area contributed by atoms with E-state index in [-0.39, 0.29) is 23.9 Å². The van der Waals surface area contributed by atoms with E-state index in [1.807, 2.05) is 47.0 Å². The molecule has 3 amide bonds. The SMILES string of the molecule is CC(C)[C@@H]1CN(C(=O)c2cccc3c2ccn3C)C[C@H]1NC(=O)N(C)C. The Kier molecular flexibility index (Phi) is 4.94. The number of hydrogen-bond donors (Lipinski definition) is 1. The molecule has 1 aliphatic heterocycles. The molecule has 2 aromatic rings. The van der Waals surface area contributed by atoms with E-state index < -0.39 is 0 Å². The molecule has 3 rings (SSSR count). The largest absolute Gasteiger partial charge is 0.351 e. The van der Waals surface area contributed by atoms with Crippen LogP contribution in [0.3, 0.4) is 0 Å². The first-order chi connectivity index (χ1) is 12.3. The Bertz CT molecular complexity index is 824. The van der Waals surface area contributed by atoms with Crippen molar-refractivity contribution in [1.82, 2.24) is 19.7 Å². The predicted octanol–water partition coefficient (Wildman–Crippen LogP) is 2.55. The van der Waals surface area contributed by atoms with Crippen molar-refractivity contribution in [3.8, 4) is 0 Å². The maximum Gasteiger partial charge on any atom is 0.317 e. The van der Waals surface area contributed by atoms with E-state index in [9.17, 15) is 9.59 Å². The molecule has 1 aliphatic rings. The highest BCUT2D eigenvalue weighted by atomic mass is 16.2. The van der Waals surface area contributed by atoms with E-state index in [2.05, 4.69) is 19.2 Å². The molecular formula is C20H28N4O2. The number of amides is 3. The molecular weight excluding hydrogens is 328 g/mol. The van der Waals surface area contributed by atoms with Crippen LogP contribution in [0.5, 0.6) is 0 Å². The number of carbonyl (C=O) groups excluding carboxylic acids is 2. The lowest BCUT2D eigenvalue weighted by Crippen LogP contribution is -2.46. The van der Waals surface area contributed by atoms with Crippen LogP contribution >= 0.6 is 0 Å². The average molecular weight is 356 g/mol. The number of likely N-dealkylation sites (tertiary alicyclic amines) is 1. The Labute approximate surface area is 154 Å². The van der Waals surface area contributed by atoms with E-state index in [4.69, 9.17) is 0 Å². The molecule has 0 unspecified atom stereocenters. The Morgan fingerprint density at radius 3 is 2.58 bits per heavy atom. The highest BCUT2D eigenvalue weighted by Gasteiger charge is 2.38. The number of rotatable bonds is 3. The summed E-state index contributed by atoms with van der Waals surface area (Å²) in [6.07, 6.45) is 1.97. The van der Waals surface area contributed by atoms with Gasteiger partial charge in [-0.3, -0.25) is 4.79 Å².